The van der Waals surface area contributed by atoms with Gasteiger partial charge in [-0.1, -0.05) is 199 Å². The molecule has 0 radical (unpaired) electrons. The molecule has 9 nitrogen and oxygen atoms in total. The summed E-state index contributed by atoms with van der Waals surface area (Å²) in [6.07, 6.45) is 50.9. The largest absolute Gasteiger partial charge is 0.472 e. The highest BCUT2D eigenvalue weighted by Gasteiger charge is 2.26. The molecule has 0 aliphatic rings. The van der Waals surface area contributed by atoms with E-state index in [0.717, 1.165) is 38.5 Å². The summed E-state index contributed by atoms with van der Waals surface area (Å²) in [4.78, 5) is 34.9. The molecule has 0 amide bonds. The molecule has 0 aliphatic heterocycles. The number of ether oxygens (including phenoxy) is 2. The third-order valence-corrected chi connectivity index (χ3v) is 11.8. The number of esters is 2. The van der Waals surface area contributed by atoms with Crippen LogP contribution in [0.5, 0.6) is 0 Å². The van der Waals surface area contributed by atoms with Crippen molar-refractivity contribution in [1.82, 2.24) is 0 Å². The molecule has 0 rings (SSSR count). The van der Waals surface area contributed by atoms with Crippen molar-refractivity contribution in [3.63, 3.8) is 0 Å². The van der Waals surface area contributed by atoms with Gasteiger partial charge in [0.25, 0.3) is 0 Å². The maximum atomic E-state index is 12.6. The van der Waals surface area contributed by atoms with Crippen molar-refractivity contribution in [2.45, 2.75) is 251 Å². The van der Waals surface area contributed by atoms with Crippen LogP contribution >= 0.6 is 7.82 Å². The average molecular weight is 856 g/mol. The zero-order valence-electron chi connectivity index (χ0n) is 38.5. The predicted molar refractivity (Wildman–Crippen MR) is 247 cm³/mol. The number of carbonyl (C=O) groups excluding carboxylic acids is 2. The van der Waals surface area contributed by atoms with Crippen LogP contribution in [0.2, 0.25) is 0 Å². The van der Waals surface area contributed by atoms with E-state index in [-0.39, 0.29) is 32.6 Å². The second-order valence-electron chi connectivity index (χ2n) is 16.7. The monoisotopic (exact) mass is 856 g/mol. The Bertz CT molecular complexity index is 1020. The van der Waals surface area contributed by atoms with Gasteiger partial charge in [0.2, 0.25) is 0 Å². The summed E-state index contributed by atoms with van der Waals surface area (Å²) in [6.45, 7) is 3.72. The Kier molecular flexibility index (Phi) is 44.8. The molecule has 0 heterocycles. The van der Waals surface area contributed by atoms with Crippen LogP contribution in [0.25, 0.3) is 0 Å². The number of carbonyl (C=O) groups is 2. The minimum absolute atomic E-state index is 0.0492. The normalized spacial score (nSPS) is 13.4. The summed E-state index contributed by atoms with van der Waals surface area (Å²) < 4.78 is 32.8. The molecule has 2 atom stereocenters. The van der Waals surface area contributed by atoms with E-state index in [2.05, 4.69) is 38.2 Å². The minimum Gasteiger partial charge on any atom is -0.462 e. The van der Waals surface area contributed by atoms with Crippen LogP contribution in [0.3, 0.4) is 0 Å². The fourth-order valence-corrected chi connectivity index (χ4v) is 7.87. The number of rotatable bonds is 47. The molecule has 3 N–H and O–H groups in total. The zero-order valence-corrected chi connectivity index (χ0v) is 39.4. The quantitative estimate of drug-likeness (QED) is 0.0265. The van der Waals surface area contributed by atoms with Gasteiger partial charge in [-0.05, 0) is 57.8 Å². The van der Waals surface area contributed by atoms with Crippen LogP contribution in [0, 0.1) is 0 Å². The second kappa shape index (κ2) is 46.0. The number of unbranched alkanes of at least 4 members (excludes halogenated alkanes) is 30. The van der Waals surface area contributed by atoms with E-state index < -0.39 is 32.5 Å². The van der Waals surface area contributed by atoms with Gasteiger partial charge in [-0.25, -0.2) is 4.57 Å². The number of hydrogen-bond acceptors (Lipinski definition) is 8. The van der Waals surface area contributed by atoms with Crippen molar-refractivity contribution in [2.24, 2.45) is 5.73 Å². The molecule has 10 heteroatoms. The topological polar surface area (TPSA) is 134 Å². The van der Waals surface area contributed by atoms with Crippen molar-refractivity contribution in [3.8, 4) is 0 Å². The molecule has 0 fully saturated rings. The van der Waals surface area contributed by atoms with Crippen LogP contribution in [-0.2, 0) is 32.7 Å². The van der Waals surface area contributed by atoms with Gasteiger partial charge in [0, 0.05) is 19.4 Å². The Labute approximate surface area is 363 Å². The lowest BCUT2D eigenvalue weighted by atomic mass is 10.0. The van der Waals surface area contributed by atoms with Gasteiger partial charge in [-0.3, -0.25) is 18.6 Å². The number of phosphoric acid groups is 1. The summed E-state index contributed by atoms with van der Waals surface area (Å²) in [6, 6.07) is 0. The maximum absolute atomic E-state index is 12.6. The lowest BCUT2D eigenvalue weighted by Gasteiger charge is -2.19. The Morgan fingerprint density at radius 1 is 0.492 bits per heavy atom. The third kappa shape index (κ3) is 45.8. The highest BCUT2D eigenvalue weighted by atomic mass is 31.2. The highest BCUT2D eigenvalue weighted by molar-refractivity contribution is 7.47. The molecule has 0 bridgehead atoms. The molecule has 0 aromatic carbocycles. The van der Waals surface area contributed by atoms with Crippen molar-refractivity contribution < 1.29 is 37.6 Å². The summed E-state index contributed by atoms with van der Waals surface area (Å²) in [5.74, 6) is -0.875. The fourth-order valence-electron chi connectivity index (χ4n) is 7.11. The summed E-state index contributed by atoms with van der Waals surface area (Å²) in [5, 5.41) is 0. The number of nitrogens with two attached hydrogens (primary N) is 1. The summed E-state index contributed by atoms with van der Waals surface area (Å²) in [5.41, 5.74) is 5.36. The van der Waals surface area contributed by atoms with E-state index >= 15 is 0 Å². The molecule has 0 aromatic rings. The van der Waals surface area contributed by atoms with Gasteiger partial charge >= 0.3 is 19.8 Å². The number of phosphoric ester groups is 1. The van der Waals surface area contributed by atoms with E-state index in [1.54, 1.807) is 0 Å². The van der Waals surface area contributed by atoms with Crippen LogP contribution in [0.1, 0.15) is 245 Å². The van der Waals surface area contributed by atoms with E-state index in [4.69, 9.17) is 24.3 Å². The van der Waals surface area contributed by atoms with Gasteiger partial charge in [-0.15, -0.1) is 0 Å². The summed E-state index contributed by atoms with van der Waals surface area (Å²) >= 11 is 0. The highest BCUT2D eigenvalue weighted by Crippen LogP contribution is 2.43. The Balaban J connectivity index is 4.07. The van der Waals surface area contributed by atoms with Crippen molar-refractivity contribution >= 4 is 19.8 Å². The molecule has 0 spiro atoms. The van der Waals surface area contributed by atoms with Crippen LogP contribution in [0.4, 0.5) is 0 Å². The minimum atomic E-state index is -4.39. The van der Waals surface area contributed by atoms with E-state index in [1.165, 1.54) is 167 Å². The molecule has 348 valence electrons. The van der Waals surface area contributed by atoms with Crippen LogP contribution < -0.4 is 5.73 Å². The van der Waals surface area contributed by atoms with E-state index in [9.17, 15) is 19.0 Å². The lowest BCUT2D eigenvalue weighted by Crippen LogP contribution is -2.29. The standard InChI is InChI=1S/C49H94NO8P/c1-3-5-7-9-11-13-15-17-19-20-21-22-23-24-25-26-28-30-32-34-36-38-40-42-49(52)58-47(46-57-59(53,54)56-44-43-50)45-55-48(51)41-39-37-35-33-31-29-27-18-16-14-12-10-8-6-4-2/h29,31,34,36,47H,3-28,30,32-33,35,37-46,50H2,1-2H3,(H,53,54)/b31-29+,36-34+/t47-/m1/s1. The van der Waals surface area contributed by atoms with Crippen molar-refractivity contribution in [3.05, 3.63) is 24.3 Å². The molecule has 0 aliphatic carbocycles. The molecular formula is C49H94NO8P. The van der Waals surface area contributed by atoms with Gasteiger partial charge in [0.1, 0.15) is 6.61 Å². The molecule has 0 aromatic heterocycles. The van der Waals surface area contributed by atoms with Crippen LogP contribution in [0.15, 0.2) is 24.3 Å². The van der Waals surface area contributed by atoms with Crippen molar-refractivity contribution in [2.75, 3.05) is 26.4 Å². The molecular weight excluding hydrogens is 762 g/mol. The smallest absolute Gasteiger partial charge is 0.462 e. The van der Waals surface area contributed by atoms with Gasteiger partial charge < -0.3 is 20.1 Å². The second-order valence-corrected chi connectivity index (χ2v) is 18.1. The zero-order chi connectivity index (χ0) is 43.2. The van der Waals surface area contributed by atoms with E-state index in [1.807, 2.05) is 0 Å². The molecule has 0 saturated carbocycles. The Morgan fingerprint density at radius 3 is 1.25 bits per heavy atom. The van der Waals surface area contributed by atoms with Crippen LogP contribution in [-0.4, -0.2) is 49.3 Å². The number of hydrogen-bond donors (Lipinski definition) is 2. The third-order valence-electron chi connectivity index (χ3n) is 10.8. The first-order valence-corrected chi connectivity index (χ1v) is 26.3. The first kappa shape index (κ1) is 57.5. The van der Waals surface area contributed by atoms with E-state index in [0.29, 0.717) is 12.8 Å². The average Bonchev–Trinajstić information content (AvgIpc) is 3.22. The van der Waals surface area contributed by atoms with Gasteiger partial charge in [0.15, 0.2) is 6.10 Å². The SMILES string of the molecule is CCCCCCCCCC/C=C/CCCCCC(=O)OC[C@H](COP(=O)(O)OCCN)OC(=O)CCC/C=C/CCCCCCCCCCCCCCCCCCCC. The van der Waals surface area contributed by atoms with Gasteiger partial charge in [-0.2, -0.15) is 0 Å². The Hall–Kier alpha value is -1.51. The first-order chi connectivity index (χ1) is 28.8. The summed E-state index contributed by atoms with van der Waals surface area (Å²) in [7, 11) is -4.39. The molecule has 1 unspecified atom stereocenters. The predicted octanol–water partition coefficient (Wildman–Crippen LogP) is 14.7. The lowest BCUT2D eigenvalue weighted by molar-refractivity contribution is -0.161. The van der Waals surface area contributed by atoms with Crippen molar-refractivity contribution in [1.29, 1.82) is 0 Å². The first-order valence-electron chi connectivity index (χ1n) is 24.8. The van der Waals surface area contributed by atoms with Gasteiger partial charge in [0.05, 0.1) is 13.2 Å². The maximum Gasteiger partial charge on any atom is 0.472 e. The Morgan fingerprint density at radius 2 is 0.847 bits per heavy atom. The fraction of sp³-hybridized carbons (Fsp3) is 0.878. The molecule has 59 heavy (non-hydrogen) atoms. The number of allylic oxidation sites excluding steroid dienone is 4. The molecule has 0 saturated heterocycles.